The summed E-state index contributed by atoms with van der Waals surface area (Å²) >= 11 is 6.37. The molecule has 0 aliphatic heterocycles. The van der Waals surface area contributed by atoms with E-state index in [2.05, 4.69) is 31.9 Å². The van der Waals surface area contributed by atoms with Crippen molar-refractivity contribution >= 4 is 48.7 Å². The number of halogens is 3. The van der Waals surface area contributed by atoms with Gasteiger partial charge in [0.2, 0.25) is 0 Å². The van der Waals surface area contributed by atoms with E-state index in [0.29, 0.717) is 5.33 Å². The molecular formula is C21H16Br2FO2S+. The van der Waals surface area contributed by atoms with Crippen LogP contribution in [0.25, 0.3) is 0 Å². The van der Waals surface area contributed by atoms with Crippen LogP contribution in [0.3, 0.4) is 0 Å². The lowest BCUT2D eigenvalue weighted by molar-refractivity contribution is -0.133. The first-order valence-electron chi connectivity index (χ1n) is 8.16. The number of alkyl halides is 2. The molecule has 3 aromatic rings. The van der Waals surface area contributed by atoms with Crippen LogP contribution in [0, 0.1) is 5.82 Å². The van der Waals surface area contributed by atoms with Gasteiger partial charge in [-0.2, -0.15) is 0 Å². The molecule has 0 fully saturated rings. The maximum atomic E-state index is 14.7. The molecule has 0 saturated heterocycles. The highest BCUT2D eigenvalue weighted by Crippen LogP contribution is 2.33. The zero-order valence-corrected chi connectivity index (χ0v) is 18.1. The van der Waals surface area contributed by atoms with Crippen molar-refractivity contribution in [3.63, 3.8) is 0 Å². The van der Waals surface area contributed by atoms with Gasteiger partial charge in [-0.1, -0.05) is 68.3 Å². The van der Waals surface area contributed by atoms with Crippen LogP contribution in [0.4, 0.5) is 4.39 Å². The zero-order chi connectivity index (χ0) is 19.2. The largest absolute Gasteiger partial charge is 0.423 e. The summed E-state index contributed by atoms with van der Waals surface area (Å²) in [5, 5.41) is 0.386. The number of hydrogen-bond donors (Lipinski definition) is 0. The monoisotopic (exact) mass is 509 g/mol. The Labute approximate surface area is 177 Å². The Morgan fingerprint density at radius 1 is 0.926 bits per heavy atom. The van der Waals surface area contributed by atoms with Crippen LogP contribution in [0.5, 0.6) is 5.75 Å². The fourth-order valence-electron chi connectivity index (χ4n) is 2.45. The second kappa shape index (κ2) is 9.53. The molecule has 0 saturated carbocycles. The van der Waals surface area contributed by atoms with Crippen molar-refractivity contribution in [1.29, 1.82) is 0 Å². The van der Waals surface area contributed by atoms with Crippen LogP contribution >= 0.6 is 31.9 Å². The average Bonchev–Trinajstić information content (AvgIpc) is 2.71. The normalized spacial score (nSPS) is 12.0. The number of ether oxygens (including phenoxy) is 1. The molecule has 0 N–H and O–H groups in total. The van der Waals surface area contributed by atoms with Gasteiger partial charge in [-0.05, 0) is 36.4 Å². The predicted molar refractivity (Wildman–Crippen MR) is 114 cm³/mol. The number of carbonyl (C=O) groups is 1. The summed E-state index contributed by atoms with van der Waals surface area (Å²) in [7, 11) is -0.453. The van der Waals surface area contributed by atoms with Crippen molar-refractivity contribution in [2.75, 3.05) is 5.33 Å². The van der Waals surface area contributed by atoms with Crippen molar-refractivity contribution < 1.29 is 13.9 Å². The van der Waals surface area contributed by atoms with Crippen LogP contribution < -0.4 is 4.74 Å². The van der Waals surface area contributed by atoms with Gasteiger partial charge >= 0.3 is 5.97 Å². The van der Waals surface area contributed by atoms with Gasteiger partial charge in [0.15, 0.2) is 26.3 Å². The zero-order valence-electron chi connectivity index (χ0n) is 14.1. The molecule has 3 rings (SSSR count). The fraction of sp³-hybridized carbons (Fsp3) is 0.0952. The smallest absolute Gasteiger partial charge is 0.326 e. The quantitative estimate of drug-likeness (QED) is 0.176. The highest BCUT2D eigenvalue weighted by atomic mass is 79.9. The number of carbonyl (C=O) groups excluding carboxylic acids is 1. The maximum Gasteiger partial charge on any atom is 0.326 e. The van der Waals surface area contributed by atoms with E-state index in [4.69, 9.17) is 4.74 Å². The Bertz CT molecular complexity index is 867. The fourth-order valence-corrected chi connectivity index (χ4v) is 4.91. The van der Waals surface area contributed by atoms with E-state index >= 15 is 0 Å². The van der Waals surface area contributed by atoms with Gasteiger partial charge < -0.3 is 4.74 Å². The molecule has 3 aromatic carbocycles. The summed E-state index contributed by atoms with van der Waals surface area (Å²) in [6, 6.07) is 24.7. The van der Waals surface area contributed by atoms with E-state index in [1.165, 1.54) is 12.1 Å². The molecule has 138 valence electrons. The number of esters is 1. The van der Waals surface area contributed by atoms with Crippen LogP contribution in [0.1, 0.15) is 0 Å². The number of rotatable bonds is 6. The van der Waals surface area contributed by atoms with Gasteiger partial charge in [-0.3, -0.25) is 4.79 Å². The van der Waals surface area contributed by atoms with Crippen molar-refractivity contribution in [2.24, 2.45) is 0 Å². The van der Waals surface area contributed by atoms with Crippen molar-refractivity contribution in [3.05, 3.63) is 84.7 Å². The third-order valence-electron chi connectivity index (χ3n) is 3.70. The minimum atomic E-state index is -0.556. The number of benzene rings is 3. The van der Waals surface area contributed by atoms with Crippen molar-refractivity contribution in [1.82, 2.24) is 0 Å². The van der Waals surface area contributed by atoms with Gasteiger partial charge in [0, 0.05) is 11.4 Å². The first-order chi connectivity index (χ1) is 13.1. The lowest BCUT2D eigenvalue weighted by Crippen LogP contribution is -2.22. The van der Waals surface area contributed by atoms with E-state index in [1.807, 2.05) is 66.7 Å². The lowest BCUT2D eigenvalue weighted by atomic mass is 10.3. The van der Waals surface area contributed by atoms with Crippen LogP contribution in [-0.2, 0) is 15.7 Å². The van der Waals surface area contributed by atoms with E-state index < -0.39 is 27.5 Å². The van der Waals surface area contributed by atoms with E-state index in [0.717, 1.165) is 14.7 Å². The SMILES string of the molecule is O=C(Oc1ccc([S+](c2ccccc2)c2ccccc2)cc1F)C(Br)CBr. The maximum absolute atomic E-state index is 14.7. The predicted octanol–water partition coefficient (Wildman–Crippen LogP) is 5.98. The van der Waals surface area contributed by atoms with Gasteiger partial charge in [0.05, 0.1) is 10.9 Å². The summed E-state index contributed by atoms with van der Waals surface area (Å²) in [5.74, 6) is -1.16. The molecule has 2 nitrogen and oxygen atoms in total. The van der Waals surface area contributed by atoms with E-state index in [1.54, 1.807) is 0 Å². The van der Waals surface area contributed by atoms with Crippen LogP contribution in [0.2, 0.25) is 0 Å². The molecule has 0 radical (unpaired) electrons. The first kappa shape index (κ1) is 20.1. The van der Waals surface area contributed by atoms with Gasteiger partial charge in [-0.15, -0.1) is 0 Å². The number of hydrogen-bond acceptors (Lipinski definition) is 2. The Hall–Kier alpha value is -1.63. The molecular weight excluding hydrogens is 495 g/mol. The van der Waals surface area contributed by atoms with E-state index in [9.17, 15) is 9.18 Å². The Morgan fingerprint density at radius 3 is 1.96 bits per heavy atom. The Morgan fingerprint density at radius 2 is 1.48 bits per heavy atom. The summed E-state index contributed by atoms with van der Waals surface area (Å²) in [6.07, 6.45) is 0. The molecule has 0 amide bonds. The molecule has 0 bridgehead atoms. The Balaban J connectivity index is 1.96. The van der Waals surface area contributed by atoms with Crippen LogP contribution in [0.15, 0.2) is 93.5 Å². The standard InChI is InChI=1S/C21H16Br2FO2S/c22-14-18(23)21(25)26-20-12-11-17(13-19(20)24)27(15-7-3-1-4-8-15)16-9-5-2-6-10-16/h1-13,18H,14H2/q+1. The van der Waals surface area contributed by atoms with Gasteiger partial charge in [-0.25, -0.2) is 4.39 Å². The molecule has 0 aliphatic rings. The molecule has 1 atom stereocenters. The second-order valence-electron chi connectivity index (χ2n) is 5.57. The minimum Gasteiger partial charge on any atom is -0.423 e. The molecule has 1 unspecified atom stereocenters. The summed E-state index contributed by atoms with van der Waals surface area (Å²) in [6.45, 7) is 0. The topological polar surface area (TPSA) is 26.3 Å². The first-order valence-corrected chi connectivity index (χ1v) is 11.4. The summed E-state index contributed by atoms with van der Waals surface area (Å²) in [5.41, 5.74) is 0. The average molecular weight is 511 g/mol. The second-order valence-corrected chi connectivity index (χ2v) is 9.35. The minimum absolute atomic E-state index is 0.0705. The molecule has 0 heterocycles. The van der Waals surface area contributed by atoms with E-state index in [-0.39, 0.29) is 5.75 Å². The molecule has 0 aliphatic carbocycles. The van der Waals surface area contributed by atoms with Crippen LogP contribution in [-0.4, -0.2) is 16.1 Å². The summed E-state index contributed by atoms with van der Waals surface area (Å²) in [4.78, 5) is 14.4. The molecule has 0 aromatic heterocycles. The van der Waals surface area contributed by atoms with Gasteiger partial charge in [0.1, 0.15) is 4.83 Å². The van der Waals surface area contributed by atoms with Crippen molar-refractivity contribution in [3.8, 4) is 5.75 Å². The highest BCUT2D eigenvalue weighted by Gasteiger charge is 2.29. The highest BCUT2D eigenvalue weighted by molar-refractivity contribution is 9.12. The summed E-state index contributed by atoms with van der Waals surface area (Å²) < 4.78 is 19.8. The van der Waals surface area contributed by atoms with Crippen molar-refractivity contribution in [2.45, 2.75) is 19.5 Å². The third-order valence-corrected chi connectivity index (χ3v) is 8.13. The third kappa shape index (κ3) is 5.00. The Kier molecular flexibility index (Phi) is 7.10. The molecule has 0 spiro atoms. The molecule has 27 heavy (non-hydrogen) atoms. The van der Waals surface area contributed by atoms with Gasteiger partial charge in [0.25, 0.3) is 0 Å². The molecule has 6 heteroatoms. The lowest BCUT2D eigenvalue weighted by Gasteiger charge is -2.11.